The van der Waals surface area contributed by atoms with Crippen molar-refractivity contribution in [1.29, 1.82) is 0 Å². The molecule has 0 bridgehead atoms. The van der Waals surface area contributed by atoms with Crippen molar-refractivity contribution in [2.24, 2.45) is 0 Å². The number of nitrogens with zero attached hydrogens (tertiary/aromatic N) is 2. The van der Waals surface area contributed by atoms with Crippen LogP contribution in [0.5, 0.6) is 0 Å². The molecule has 2 aromatic heterocycles. The van der Waals surface area contributed by atoms with Crippen LogP contribution in [0.2, 0.25) is 0 Å². The summed E-state index contributed by atoms with van der Waals surface area (Å²) in [7, 11) is 0. The third-order valence-electron chi connectivity index (χ3n) is 3.79. The summed E-state index contributed by atoms with van der Waals surface area (Å²) in [5, 5.41) is 2.84. The molecular formula is C17H21N3O3. The molecule has 122 valence electrons. The van der Waals surface area contributed by atoms with Gasteiger partial charge in [0.25, 0.3) is 5.91 Å². The van der Waals surface area contributed by atoms with Gasteiger partial charge in [-0.05, 0) is 32.0 Å². The molecule has 2 atom stereocenters. The summed E-state index contributed by atoms with van der Waals surface area (Å²) in [6, 6.07) is 5.51. The van der Waals surface area contributed by atoms with Crippen LogP contribution < -0.4 is 10.2 Å². The molecule has 0 aromatic carbocycles. The number of pyridine rings is 1. The van der Waals surface area contributed by atoms with E-state index in [0.29, 0.717) is 12.1 Å². The van der Waals surface area contributed by atoms with Crippen molar-refractivity contribution in [1.82, 2.24) is 10.3 Å². The largest absolute Gasteiger partial charge is 0.472 e. The maximum Gasteiger partial charge on any atom is 0.253 e. The zero-order chi connectivity index (χ0) is 16.2. The molecule has 2 aromatic rings. The standard InChI is InChI=1S/C17H21N3O3/c1-12-9-20(10-13(2)23-12)16-4-3-15(8-18-16)17(21)19-7-14-5-6-22-11-14/h3-6,8,11-13H,7,9-10H2,1-2H3,(H,19,21)/t12-,13+. The lowest BCUT2D eigenvalue weighted by molar-refractivity contribution is -0.00546. The molecular weight excluding hydrogens is 294 g/mol. The second-order valence-electron chi connectivity index (χ2n) is 5.88. The summed E-state index contributed by atoms with van der Waals surface area (Å²) >= 11 is 0. The van der Waals surface area contributed by atoms with Gasteiger partial charge in [0.15, 0.2) is 0 Å². The van der Waals surface area contributed by atoms with Gasteiger partial charge in [-0.15, -0.1) is 0 Å². The third-order valence-corrected chi connectivity index (χ3v) is 3.79. The van der Waals surface area contributed by atoms with Gasteiger partial charge in [-0.3, -0.25) is 4.79 Å². The summed E-state index contributed by atoms with van der Waals surface area (Å²) < 4.78 is 10.7. The van der Waals surface area contributed by atoms with Gasteiger partial charge in [-0.2, -0.15) is 0 Å². The molecule has 0 spiro atoms. The van der Waals surface area contributed by atoms with E-state index in [-0.39, 0.29) is 18.1 Å². The van der Waals surface area contributed by atoms with E-state index in [1.54, 1.807) is 24.8 Å². The normalized spacial score (nSPS) is 21.2. The molecule has 6 nitrogen and oxygen atoms in total. The molecule has 3 rings (SSSR count). The lowest BCUT2D eigenvalue weighted by atomic mass is 10.2. The second kappa shape index (κ2) is 6.83. The molecule has 1 aliphatic heterocycles. The Morgan fingerprint density at radius 2 is 2.09 bits per heavy atom. The lowest BCUT2D eigenvalue weighted by Crippen LogP contribution is -2.45. The molecule has 1 fully saturated rings. The van der Waals surface area contributed by atoms with Gasteiger partial charge >= 0.3 is 0 Å². The average Bonchev–Trinajstić information content (AvgIpc) is 3.05. The van der Waals surface area contributed by atoms with E-state index in [9.17, 15) is 4.79 Å². The van der Waals surface area contributed by atoms with Gasteiger partial charge in [0, 0.05) is 31.4 Å². The number of anilines is 1. The number of ether oxygens (including phenoxy) is 1. The van der Waals surface area contributed by atoms with E-state index in [0.717, 1.165) is 24.5 Å². The maximum absolute atomic E-state index is 12.1. The number of hydrogen-bond donors (Lipinski definition) is 1. The molecule has 0 aliphatic carbocycles. The predicted octanol–water partition coefficient (Wildman–Crippen LogP) is 2.22. The summed E-state index contributed by atoms with van der Waals surface area (Å²) in [4.78, 5) is 18.7. The zero-order valence-corrected chi connectivity index (χ0v) is 13.4. The first kappa shape index (κ1) is 15.6. The summed E-state index contributed by atoms with van der Waals surface area (Å²) in [5.74, 6) is 0.729. The van der Waals surface area contributed by atoms with E-state index in [2.05, 4.69) is 29.0 Å². The van der Waals surface area contributed by atoms with Gasteiger partial charge in [0.1, 0.15) is 5.82 Å². The van der Waals surface area contributed by atoms with Crippen molar-refractivity contribution in [3.8, 4) is 0 Å². The molecule has 23 heavy (non-hydrogen) atoms. The molecule has 3 heterocycles. The Hall–Kier alpha value is -2.34. The minimum absolute atomic E-state index is 0.144. The Bertz CT molecular complexity index is 630. The van der Waals surface area contributed by atoms with Crippen LogP contribution in [0.3, 0.4) is 0 Å². The summed E-state index contributed by atoms with van der Waals surface area (Å²) in [5.41, 5.74) is 1.48. The highest BCUT2D eigenvalue weighted by Crippen LogP contribution is 2.18. The Morgan fingerprint density at radius 1 is 1.30 bits per heavy atom. The van der Waals surface area contributed by atoms with Crippen LogP contribution in [0.15, 0.2) is 41.3 Å². The number of carbonyl (C=O) groups excluding carboxylic acids is 1. The van der Waals surface area contributed by atoms with Crippen LogP contribution in [-0.4, -0.2) is 36.2 Å². The van der Waals surface area contributed by atoms with Crippen LogP contribution in [0, 0.1) is 0 Å². The minimum atomic E-state index is -0.144. The molecule has 0 unspecified atom stereocenters. The monoisotopic (exact) mass is 315 g/mol. The highest BCUT2D eigenvalue weighted by Gasteiger charge is 2.23. The topological polar surface area (TPSA) is 67.6 Å². The van der Waals surface area contributed by atoms with Gasteiger partial charge in [-0.25, -0.2) is 4.98 Å². The van der Waals surface area contributed by atoms with E-state index in [4.69, 9.17) is 9.15 Å². The smallest absolute Gasteiger partial charge is 0.253 e. The summed E-state index contributed by atoms with van der Waals surface area (Å²) in [6.45, 7) is 6.17. The highest BCUT2D eigenvalue weighted by molar-refractivity contribution is 5.94. The average molecular weight is 315 g/mol. The Morgan fingerprint density at radius 3 is 2.70 bits per heavy atom. The van der Waals surface area contributed by atoms with E-state index in [1.807, 2.05) is 12.1 Å². The van der Waals surface area contributed by atoms with Crippen molar-refractivity contribution < 1.29 is 13.9 Å². The molecule has 6 heteroatoms. The zero-order valence-electron chi connectivity index (χ0n) is 13.4. The number of furan rings is 1. The van der Waals surface area contributed by atoms with Gasteiger partial charge in [0.05, 0.1) is 30.3 Å². The number of hydrogen-bond acceptors (Lipinski definition) is 5. The molecule has 1 saturated heterocycles. The van der Waals surface area contributed by atoms with Crippen molar-refractivity contribution in [2.75, 3.05) is 18.0 Å². The van der Waals surface area contributed by atoms with E-state index < -0.39 is 0 Å². The van der Waals surface area contributed by atoms with Crippen molar-refractivity contribution in [2.45, 2.75) is 32.6 Å². The van der Waals surface area contributed by atoms with Gasteiger partial charge in [-0.1, -0.05) is 0 Å². The number of aromatic nitrogens is 1. The van der Waals surface area contributed by atoms with Gasteiger partial charge in [0.2, 0.25) is 0 Å². The first-order valence-corrected chi connectivity index (χ1v) is 7.77. The number of rotatable bonds is 4. The Balaban J connectivity index is 1.61. The van der Waals surface area contributed by atoms with E-state index >= 15 is 0 Å². The molecule has 1 aliphatic rings. The van der Waals surface area contributed by atoms with E-state index in [1.165, 1.54) is 0 Å². The fourth-order valence-corrected chi connectivity index (χ4v) is 2.75. The quantitative estimate of drug-likeness (QED) is 0.937. The minimum Gasteiger partial charge on any atom is -0.472 e. The number of carbonyl (C=O) groups is 1. The van der Waals surface area contributed by atoms with Gasteiger partial charge < -0.3 is 19.4 Å². The van der Waals surface area contributed by atoms with Crippen LogP contribution in [0.25, 0.3) is 0 Å². The van der Waals surface area contributed by atoms with Crippen LogP contribution in [-0.2, 0) is 11.3 Å². The van der Waals surface area contributed by atoms with Crippen molar-refractivity contribution in [3.63, 3.8) is 0 Å². The Kier molecular flexibility index (Phi) is 4.62. The highest BCUT2D eigenvalue weighted by atomic mass is 16.5. The van der Waals surface area contributed by atoms with Crippen LogP contribution in [0.1, 0.15) is 29.8 Å². The molecule has 0 saturated carbocycles. The van der Waals surface area contributed by atoms with Crippen molar-refractivity contribution >= 4 is 11.7 Å². The number of nitrogens with one attached hydrogen (secondary N) is 1. The number of amides is 1. The third kappa shape index (κ3) is 3.90. The fraction of sp³-hybridized carbons (Fsp3) is 0.412. The first-order chi connectivity index (χ1) is 11.1. The molecule has 0 radical (unpaired) electrons. The van der Waals surface area contributed by atoms with Crippen LogP contribution >= 0.6 is 0 Å². The summed E-state index contributed by atoms with van der Waals surface area (Å²) in [6.07, 6.45) is 5.17. The second-order valence-corrected chi connectivity index (χ2v) is 5.88. The Labute approximate surface area is 135 Å². The fourth-order valence-electron chi connectivity index (χ4n) is 2.75. The lowest BCUT2D eigenvalue weighted by Gasteiger charge is -2.36. The predicted molar refractivity (Wildman–Crippen MR) is 86.3 cm³/mol. The SMILES string of the molecule is C[C@@H]1CN(c2ccc(C(=O)NCc3ccoc3)cn2)C[C@H](C)O1. The molecule has 1 N–H and O–H groups in total. The molecule has 1 amide bonds. The first-order valence-electron chi connectivity index (χ1n) is 7.77. The number of morpholine rings is 1. The maximum atomic E-state index is 12.1. The van der Waals surface area contributed by atoms with Crippen molar-refractivity contribution in [3.05, 3.63) is 48.0 Å². The van der Waals surface area contributed by atoms with Crippen LogP contribution in [0.4, 0.5) is 5.82 Å².